The Hall–Kier alpha value is -4.39. The van der Waals surface area contributed by atoms with Gasteiger partial charge < -0.3 is 16.2 Å². The highest BCUT2D eigenvalue weighted by Crippen LogP contribution is 2.36. The molecule has 0 saturated heterocycles. The number of amides is 1. The Morgan fingerprint density at radius 1 is 0.833 bits per heavy atom. The minimum Gasteiger partial charge on any atom is -0.395 e. The Bertz CT molecular complexity index is 1500. The number of carbonyl (C=O) groups excluding carboxylic acids is 1. The summed E-state index contributed by atoms with van der Waals surface area (Å²) in [7, 11) is 0. The molecular weight excluding hydrogens is 448 g/mol. The maximum atomic E-state index is 12.2. The third-order valence-electron chi connectivity index (χ3n) is 6.16. The van der Waals surface area contributed by atoms with Gasteiger partial charge in [0.05, 0.1) is 30.1 Å². The molecule has 0 aliphatic heterocycles. The van der Waals surface area contributed by atoms with Gasteiger partial charge in [0.1, 0.15) is 0 Å². The minimum atomic E-state index is -0.218. The normalized spacial score (nSPS) is 10.9. The summed E-state index contributed by atoms with van der Waals surface area (Å²) in [5.41, 5.74) is 12.3. The van der Waals surface area contributed by atoms with Crippen molar-refractivity contribution in [3.05, 3.63) is 108 Å². The van der Waals surface area contributed by atoms with Crippen LogP contribution in [0.2, 0.25) is 0 Å². The number of hydrogen-bond donors (Lipinski definition) is 3. The molecule has 2 heterocycles. The second kappa shape index (κ2) is 10.5. The van der Waals surface area contributed by atoms with Crippen LogP contribution in [0, 0.1) is 0 Å². The first-order chi connectivity index (χ1) is 17.7. The number of fused-ring (bicyclic) bond motifs is 1. The predicted molar refractivity (Wildman–Crippen MR) is 142 cm³/mol. The van der Waals surface area contributed by atoms with Gasteiger partial charge in [0, 0.05) is 45.9 Å². The minimum absolute atomic E-state index is 0.0948. The van der Waals surface area contributed by atoms with E-state index in [0.717, 1.165) is 51.1 Å². The van der Waals surface area contributed by atoms with Crippen molar-refractivity contribution in [1.29, 1.82) is 0 Å². The van der Waals surface area contributed by atoms with Gasteiger partial charge in [-0.25, -0.2) is 4.98 Å². The molecule has 0 aliphatic carbocycles. The van der Waals surface area contributed by atoms with Gasteiger partial charge in [0.25, 0.3) is 5.91 Å². The molecule has 0 radical (unpaired) electrons. The van der Waals surface area contributed by atoms with E-state index in [1.54, 1.807) is 18.3 Å². The lowest BCUT2D eigenvalue weighted by atomic mass is 9.95. The molecule has 0 atom stereocenters. The molecule has 178 valence electrons. The Kier molecular flexibility index (Phi) is 6.80. The molecule has 2 aromatic heterocycles. The molecule has 6 heteroatoms. The zero-order valence-corrected chi connectivity index (χ0v) is 19.8. The second-order valence-corrected chi connectivity index (χ2v) is 8.48. The van der Waals surface area contributed by atoms with E-state index in [9.17, 15) is 4.79 Å². The number of aliphatic hydroxyl groups is 1. The molecule has 0 fully saturated rings. The fraction of sp³-hybridized carbons (Fsp3) is 0.100. The standard InChI is InChI=1S/C30H26N4O2/c31-19-20-6-8-23(9-7-20)29-25(21-4-2-1-3-5-21)18-26-27(34-29)14-15-32-28(26)22-10-12-24(13-11-22)30(36)33-16-17-35/h1-15,18,35H,16-17,19,31H2,(H,33,36)/p+1. The van der Waals surface area contributed by atoms with Crippen LogP contribution < -0.4 is 11.1 Å². The van der Waals surface area contributed by atoms with E-state index in [-0.39, 0.29) is 19.1 Å². The van der Waals surface area contributed by atoms with Crippen molar-refractivity contribution in [2.45, 2.75) is 6.54 Å². The number of nitrogens with zero attached hydrogens (tertiary/aromatic N) is 2. The molecule has 0 bridgehead atoms. The average molecular weight is 476 g/mol. The number of aromatic nitrogens is 2. The third kappa shape index (κ3) is 4.73. The molecular formula is C30H27N4O2+. The van der Waals surface area contributed by atoms with Crippen LogP contribution in [0.15, 0.2) is 97.2 Å². The van der Waals surface area contributed by atoms with E-state index >= 15 is 0 Å². The van der Waals surface area contributed by atoms with Crippen LogP contribution in [0.1, 0.15) is 15.9 Å². The third-order valence-corrected chi connectivity index (χ3v) is 6.16. The van der Waals surface area contributed by atoms with Crippen LogP contribution in [-0.2, 0) is 6.54 Å². The fourth-order valence-corrected chi connectivity index (χ4v) is 4.26. The van der Waals surface area contributed by atoms with E-state index in [1.807, 2.05) is 36.4 Å². The lowest BCUT2D eigenvalue weighted by Gasteiger charge is -2.14. The van der Waals surface area contributed by atoms with Crippen molar-refractivity contribution in [2.75, 3.05) is 13.2 Å². The fourth-order valence-electron chi connectivity index (χ4n) is 4.26. The van der Waals surface area contributed by atoms with E-state index in [2.05, 4.69) is 58.5 Å². The number of aliphatic hydroxyl groups excluding tert-OH is 1. The SMILES string of the molecule is [NH3+]Cc1ccc(-c2nc3ccnc(-c4ccc(C(=O)NCCO)cc4)c3cc2-c2ccccc2)cc1. The molecule has 0 aliphatic rings. The molecule has 0 unspecified atom stereocenters. The molecule has 36 heavy (non-hydrogen) atoms. The smallest absolute Gasteiger partial charge is 0.251 e. The highest BCUT2D eigenvalue weighted by molar-refractivity contribution is 5.99. The van der Waals surface area contributed by atoms with Crippen molar-refractivity contribution >= 4 is 16.8 Å². The van der Waals surface area contributed by atoms with Crippen molar-refractivity contribution in [3.8, 4) is 33.6 Å². The molecule has 3 aromatic carbocycles. The second-order valence-electron chi connectivity index (χ2n) is 8.48. The summed E-state index contributed by atoms with van der Waals surface area (Å²) >= 11 is 0. The summed E-state index contributed by atoms with van der Waals surface area (Å²) < 4.78 is 0. The zero-order chi connectivity index (χ0) is 24.9. The maximum absolute atomic E-state index is 12.2. The first-order valence-electron chi connectivity index (χ1n) is 11.9. The van der Waals surface area contributed by atoms with E-state index in [4.69, 9.17) is 10.1 Å². The van der Waals surface area contributed by atoms with Gasteiger partial charge >= 0.3 is 0 Å². The summed E-state index contributed by atoms with van der Waals surface area (Å²) in [5.74, 6) is -0.218. The van der Waals surface area contributed by atoms with E-state index in [0.29, 0.717) is 5.56 Å². The van der Waals surface area contributed by atoms with Crippen molar-refractivity contribution in [1.82, 2.24) is 15.3 Å². The topological polar surface area (TPSA) is 103 Å². The zero-order valence-electron chi connectivity index (χ0n) is 19.8. The first kappa shape index (κ1) is 23.4. The summed E-state index contributed by atoms with van der Waals surface area (Å²) in [6.45, 7) is 0.871. The monoisotopic (exact) mass is 475 g/mol. The quantitative estimate of drug-likeness (QED) is 0.330. The molecule has 0 saturated carbocycles. The van der Waals surface area contributed by atoms with Crippen LogP contribution >= 0.6 is 0 Å². The molecule has 5 N–H and O–H groups in total. The molecule has 6 nitrogen and oxygen atoms in total. The Morgan fingerprint density at radius 3 is 2.22 bits per heavy atom. The molecule has 1 amide bonds. The van der Waals surface area contributed by atoms with Gasteiger partial charge in [-0.3, -0.25) is 9.78 Å². The van der Waals surface area contributed by atoms with Crippen molar-refractivity contribution in [2.24, 2.45) is 0 Å². The van der Waals surface area contributed by atoms with E-state index < -0.39 is 0 Å². The van der Waals surface area contributed by atoms with Gasteiger partial charge in [-0.05, 0) is 29.8 Å². The van der Waals surface area contributed by atoms with Gasteiger partial charge in [0.15, 0.2) is 0 Å². The number of pyridine rings is 2. The molecule has 0 spiro atoms. The van der Waals surface area contributed by atoms with Gasteiger partial charge in [-0.2, -0.15) is 0 Å². The van der Waals surface area contributed by atoms with Crippen LogP contribution in [0.3, 0.4) is 0 Å². The number of carbonyl (C=O) groups is 1. The Balaban J connectivity index is 1.64. The highest BCUT2D eigenvalue weighted by Gasteiger charge is 2.15. The summed E-state index contributed by atoms with van der Waals surface area (Å²) in [6.07, 6.45) is 1.77. The van der Waals surface area contributed by atoms with Gasteiger partial charge in [-0.1, -0.05) is 66.7 Å². The summed E-state index contributed by atoms with van der Waals surface area (Å²) in [5, 5.41) is 12.6. The van der Waals surface area contributed by atoms with Crippen LogP contribution in [0.4, 0.5) is 0 Å². The predicted octanol–water partition coefficient (Wildman–Crippen LogP) is 4.09. The summed E-state index contributed by atoms with van der Waals surface area (Å²) in [6, 6.07) is 30.0. The Morgan fingerprint density at radius 2 is 1.53 bits per heavy atom. The van der Waals surface area contributed by atoms with Crippen LogP contribution in [0.5, 0.6) is 0 Å². The number of quaternary nitrogens is 1. The number of nitrogens with one attached hydrogen (secondary N) is 1. The molecule has 5 rings (SSSR count). The number of rotatable bonds is 7. The average Bonchev–Trinajstić information content (AvgIpc) is 2.95. The number of benzene rings is 3. The molecule has 5 aromatic rings. The van der Waals surface area contributed by atoms with E-state index in [1.165, 1.54) is 5.56 Å². The van der Waals surface area contributed by atoms with Gasteiger partial charge in [-0.15, -0.1) is 0 Å². The Labute approximate surface area is 209 Å². The van der Waals surface area contributed by atoms with Crippen molar-refractivity contribution < 1.29 is 15.6 Å². The largest absolute Gasteiger partial charge is 0.395 e. The lowest BCUT2D eigenvalue weighted by Crippen LogP contribution is -2.47. The maximum Gasteiger partial charge on any atom is 0.251 e. The van der Waals surface area contributed by atoms with Crippen molar-refractivity contribution in [3.63, 3.8) is 0 Å². The first-order valence-corrected chi connectivity index (χ1v) is 11.9. The summed E-state index contributed by atoms with van der Waals surface area (Å²) in [4.78, 5) is 22.0. The van der Waals surface area contributed by atoms with Crippen LogP contribution in [-0.4, -0.2) is 34.1 Å². The lowest BCUT2D eigenvalue weighted by molar-refractivity contribution is -0.386. The highest BCUT2D eigenvalue weighted by atomic mass is 16.3. The number of hydrogen-bond acceptors (Lipinski definition) is 4. The van der Waals surface area contributed by atoms with Crippen LogP contribution in [0.25, 0.3) is 44.5 Å². The van der Waals surface area contributed by atoms with Gasteiger partial charge in [0.2, 0.25) is 0 Å².